The predicted octanol–water partition coefficient (Wildman–Crippen LogP) is 2.60. The minimum absolute atomic E-state index is 0.00431. The summed E-state index contributed by atoms with van der Waals surface area (Å²) in [5, 5.41) is 0.132. The molecule has 5 heteroatoms. The summed E-state index contributed by atoms with van der Waals surface area (Å²) < 4.78 is 18.6. The van der Waals surface area contributed by atoms with E-state index < -0.39 is 11.8 Å². The van der Waals surface area contributed by atoms with Gasteiger partial charge in [-0.1, -0.05) is 6.07 Å². The van der Waals surface area contributed by atoms with Crippen molar-refractivity contribution in [2.75, 3.05) is 6.61 Å². The number of nitrogens with one attached hydrogen (secondary N) is 1. The van der Waals surface area contributed by atoms with Gasteiger partial charge in [0.25, 0.3) is 0 Å². The summed E-state index contributed by atoms with van der Waals surface area (Å²) in [5.74, 6) is -1.20. The molecule has 0 atom stereocenters. The van der Waals surface area contributed by atoms with Gasteiger partial charge in [-0.05, 0) is 25.5 Å². The third-order valence-electron chi connectivity index (χ3n) is 2.75. The lowest BCUT2D eigenvalue weighted by atomic mass is 10.1. The zero-order valence-electron chi connectivity index (χ0n) is 10.0. The number of aryl methyl sites for hydroxylation is 1. The lowest BCUT2D eigenvalue weighted by Gasteiger charge is -1.99. The van der Waals surface area contributed by atoms with Gasteiger partial charge in [-0.25, -0.2) is 9.18 Å². The Hall–Kier alpha value is -2.17. The molecule has 0 radical (unpaired) electrons. The van der Waals surface area contributed by atoms with Crippen LogP contribution in [0.3, 0.4) is 0 Å². The van der Waals surface area contributed by atoms with Gasteiger partial charge in [-0.2, -0.15) is 0 Å². The van der Waals surface area contributed by atoms with Crippen LogP contribution in [0.5, 0.6) is 0 Å². The van der Waals surface area contributed by atoms with Crippen LogP contribution >= 0.6 is 0 Å². The molecule has 4 nitrogen and oxygen atoms in total. The smallest absolute Gasteiger partial charge is 0.355 e. The average Bonchev–Trinajstić information content (AvgIpc) is 2.74. The van der Waals surface area contributed by atoms with E-state index in [1.165, 1.54) is 6.07 Å². The maximum atomic E-state index is 13.7. The van der Waals surface area contributed by atoms with E-state index in [9.17, 15) is 14.0 Å². The third-order valence-corrected chi connectivity index (χ3v) is 2.75. The van der Waals surface area contributed by atoms with Gasteiger partial charge in [0.05, 0.1) is 17.7 Å². The lowest BCUT2D eigenvalue weighted by molar-refractivity contribution is 0.0518. The standard InChI is InChI=1S/C13H12FNO3/c1-3-18-13(17)12-8(6-16)10-9(14)5-4-7(2)11(10)15-12/h4-6,15H,3H2,1-2H3. The van der Waals surface area contributed by atoms with E-state index in [1.807, 2.05) is 0 Å². The predicted molar refractivity (Wildman–Crippen MR) is 64.3 cm³/mol. The third kappa shape index (κ3) is 1.77. The summed E-state index contributed by atoms with van der Waals surface area (Å²) >= 11 is 0. The highest BCUT2D eigenvalue weighted by Gasteiger charge is 2.21. The minimum Gasteiger partial charge on any atom is -0.461 e. The summed E-state index contributed by atoms with van der Waals surface area (Å²) in [7, 11) is 0. The highest BCUT2D eigenvalue weighted by molar-refractivity contribution is 6.08. The summed E-state index contributed by atoms with van der Waals surface area (Å²) in [6.07, 6.45) is 0.466. The molecule has 1 heterocycles. The summed E-state index contributed by atoms with van der Waals surface area (Å²) in [4.78, 5) is 25.5. The molecule has 2 rings (SSSR count). The van der Waals surface area contributed by atoms with Crippen LogP contribution in [-0.4, -0.2) is 23.8 Å². The number of hydrogen-bond acceptors (Lipinski definition) is 3. The highest BCUT2D eigenvalue weighted by Crippen LogP contribution is 2.27. The fourth-order valence-electron chi connectivity index (χ4n) is 1.91. The zero-order valence-corrected chi connectivity index (χ0v) is 10.0. The molecule has 1 N–H and O–H groups in total. The quantitative estimate of drug-likeness (QED) is 0.672. The number of esters is 1. The fourth-order valence-corrected chi connectivity index (χ4v) is 1.91. The number of ether oxygens (including phenoxy) is 1. The van der Waals surface area contributed by atoms with Crippen molar-refractivity contribution in [3.8, 4) is 0 Å². The van der Waals surface area contributed by atoms with E-state index in [2.05, 4.69) is 4.98 Å². The Morgan fingerprint density at radius 1 is 1.50 bits per heavy atom. The van der Waals surface area contributed by atoms with Gasteiger partial charge >= 0.3 is 5.97 Å². The number of halogens is 1. The van der Waals surface area contributed by atoms with Crippen LogP contribution < -0.4 is 0 Å². The van der Waals surface area contributed by atoms with Gasteiger partial charge in [0.15, 0.2) is 6.29 Å². The zero-order chi connectivity index (χ0) is 13.3. The molecule has 94 valence electrons. The number of aldehydes is 1. The number of rotatable bonds is 3. The first kappa shape index (κ1) is 12.3. The molecule has 0 fully saturated rings. The van der Waals surface area contributed by atoms with Gasteiger partial charge < -0.3 is 9.72 Å². The summed E-state index contributed by atoms with van der Waals surface area (Å²) in [6.45, 7) is 3.61. The van der Waals surface area contributed by atoms with Crippen LogP contribution in [0.4, 0.5) is 4.39 Å². The average molecular weight is 249 g/mol. The number of hydrogen-bond donors (Lipinski definition) is 1. The number of fused-ring (bicyclic) bond motifs is 1. The second-order valence-electron chi connectivity index (χ2n) is 3.87. The first-order valence-corrected chi connectivity index (χ1v) is 5.53. The van der Waals surface area contributed by atoms with Crippen LogP contribution in [0.15, 0.2) is 12.1 Å². The molecule has 0 amide bonds. The Kier molecular flexibility index (Phi) is 3.14. The maximum Gasteiger partial charge on any atom is 0.355 e. The van der Waals surface area contributed by atoms with Gasteiger partial charge in [-0.15, -0.1) is 0 Å². The van der Waals surface area contributed by atoms with Crippen molar-refractivity contribution in [2.45, 2.75) is 13.8 Å². The van der Waals surface area contributed by atoms with Crippen molar-refractivity contribution in [2.24, 2.45) is 0 Å². The van der Waals surface area contributed by atoms with Gasteiger partial charge in [-0.3, -0.25) is 4.79 Å². The fraction of sp³-hybridized carbons (Fsp3) is 0.231. The van der Waals surface area contributed by atoms with E-state index in [0.717, 1.165) is 5.56 Å². The molecule has 1 aromatic heterocycles. The van der Waals surface area contributed by atoms with E-state index in [4.69, 9.17) is 4.74 Å². The number of benzene rings is 1. The summed E-state index contributed by atoms with van der Waals surface area (Å²) in [6, 6.07) is 2.85. The molecule has 0 saturated carbocycles. The Bertz CT molecular complexity index is 631. The second-order valence-corrected chi connectivity index (χ2v) is 3.87. The van der Waals surface area contributed by atoms with Crippen LogP contribution in [0.25, 0.3) is 10.9 Å². The molecule has 1 aromatic carbocycles. The largest absolute Gasteiger partial charge is 0.461 e. The topological polar surface area (TPSA) is 59.2 Å². The molecule has 0 spiro atoms. The Labute approximate surface area is 103 Å². The molecular formula is C13H12FNO3. The molecule has 0 aliphatic carbocycles. The van der Waals surface area contributed by atoms with Gasteiger partial charge in [0.2, 0.25) is 0 Å². The van der Waals surface area contributed by atoms with Crippen LogP contribution in [-0.2, 0) is 4.74 Å². The van der Waals surface area contributed by atoms with E-state index in [1.54, 1.807) is 19.9 Å². The maximum absolute atomic E-state index is 13.7. The molecule has 0 saturated heterocycles. The Morgan fingerprint density at radius 3 is 2.83 bits per heavy atom. The van der Waals surface area contributed by atoms with Crippen molar-refractivity contribution >= 4 is 23.2 Å². The monoisotopic (exact) mass is 249 g/mol. The molecular weight excluding hydrogens is 237 g/mol. The molecule has 18 heavy (non-hydrogen) atoms. The lowest BCUT2D eigenvalue weighted by Crippen LogP contribution is -2.07. The van der Waals surface area contributed by atoms with Crippen molar-refractivity contribution < 1.29 is 18.7 Å². The number of aromatic amines is 1. The molecule has 0 bridgehead atoms. The van der Waals surface area contributed by atoms with E-state index >= 15 is 0 Å². The van der Waals surface area contributed by atoms with Crippen LogP contribution in [0.1, 0.15) is 33.3 Å². The number of carbonyl (C=O) groups excluding carboxylic acids is 2. The van der Waals surface area contributed by atoms with Crippen molar-refractivity contribution in [1.82, 2.24) is 4.98 Å². The second kappa shape index (κ2) is 4.60. The normalized spacial score (nSPS) is 10.6. The van der Waals surface area contributed by atoms with E-state index in [-0.39, 0.29) is 23.3 Å². The first-order valence-electron chi connectivity index (χ1n) is 5.53. The first-order chi connectivity index (χ1) is 8.60. The van der Waals surface area contributed by atoms with Gasteiger partial charge in [0.1, 0.15) is 11.5 Å². The van der Waals surface area contributed by atoms with Gasteiger partial charge in [0, 0.05) is 5.39 Å². The number of H-pyrrole nitrogens is 1. The van der Waals surface area contributed by atoms with Crippen LogP contribution in [0, 0.1) is 12.7 Å². The van der Waals surface area contributed by atoms with Crippen LogP contribution in [0.2, 0.25) is 0 Å². The molecule has 2 aromatic rings. The number of carbonyl (C=O) groups is 2. The SMILES string of the molecule is CCOC(=O)c1[nH]c2c(C)ccc(F)c2c1C=O. The van der Waals surface area contributed by atoms with Crippen molar-refractivity contribution in [1.29, 1.82) is 0 Å². The highest BCUT2D eigenvalue weighted by atomic mass is 19.1. The molecule has 0 unspecified atom stereocenters. The van der Waals surface area contributed by atoms with Crippen molar-refractivity contribution in [3.05, 3.63) is 34.8 Å². The minimum atomic E-state index is -0.658. The number of aromatic nitrogens is 1. The van der Waals surface area contributed by atoms with Crippen molar-refractivity contribution in [3.63, 3.8) is 0 Å². The molecule has 0 aliphatic rings. The Balaban J connectivity index is 2.76. The Morgan fingerprint density at radius 2 is 2.22 bits per heavy atom. The summed E-state index contributed by atoms with van der Waals surface area (Å²) in [5.41, 5.74) is 1.20. The molecule has 0 aliphatic heterocycles. The van der Waals surface area contributed by atoms with E-state index in [0.29, 0.717) is 11.8 Å².